The lowest BCUT2D eigenvalue weighted by atomic mass is 10.0. The van der Waals surface area contributed by atoms with E-state index < -0.39 is 11.5 Å². The number of rotatable bonds is 2. The van der Waals surface area contributed by atoms with Crippen LogP contribution >= 0.6 is 11.6 Å². The van der Waals surface area contributed by atoms with Gasteiger partial charge in [-0.2, -0.15) is 0 Å². The van der Waals surface area contributed by atoms with Crippen molar-refractivity contribution in [1.29, 1.82) is 0 Å². The molecule has 0 spiro atoms. The number of benzene rings is 1. The van der Waals surface area contributed by atoms with Gasteiger partial charge >= 0.3 is 5.97 Å². The predicted molar refractivity (Wildman–Crippen MR) is 60.3 cm³/mol. The SMILES string of the molecule is [C-]#[N+]C1(c2cc(C(=O)OC)ccc2Cl)CC1. The number of methoxy groups -OCH3 is 1. The molecule has 0 N–H and O–H groups in total. The standard InChI is InChI=1S/C12H10ClNO2/c1-14-12(5-6-12)9-7-8(11(15)16-2)3-4-10(9)13/h3-4,7H,5-6H2,2H3. The Hall–Kier alpha value is -1.53. The number of halogens is 1. The highest BCUT2D eigenvalue weighted by Crippen LogP contribution is 2.51. The van der Waals surface area contributed by atoms with E-state index in [9.17, 15) is 4.79 Å². The first-order chi connectivity index (χ1) is 7.63. The molecule has 0 aromatic heterocycles. The minimum absolute atomic E-state index is 0.404. The Kier molecular flexibility index (Phi) is 2.61. The first kappa shape index (κ1) is 11.0. The van der Waals surface area contributed by atoms with Crippen LogP contribution in [0, 0.1) is 6.57 Å². The Bertz CT molecular complexity index is 486. The van der Waals surface area contributed by atoms with Crippen LogP contribution in [0.2, 0.25) is 5.02 Å². The number of esters is 1. The van der Waals surface area contributed by atoms with E-state index in [-0.39, 0.29) is 0 Å². The van der Waals surface area contributed by atoms with Crippen LogP contribution in [-0.4, -0.2) is 13.1 Å². The molecule has 1 aromatic rings. The summed E-state index contributed by atoms with van der Waals surface area (Å²) in [5, 5.41) is 0.543. The fraction of sp³-hybridized carbons (Fsp3) is 0.333. The van der Waals surface area contributed by atoms with E-state index in [1.165, 1.54) is 7.11 Å². The third kappa shape index (κ3) is 1.66. The van der Waals surface area contributed by atoms with Crippen molar-refractivity contribution in [2.45, 2.75) is 18.4 Å². The van der Waals surface area contributed by atoms with Crippen LogP contribution in [-0.2, 0) is 10.3 Å². The van der Waals surface area contributed by atoms with Crippen LogP contribution in [0.25, 0.3) is 4.85 Å². The van der Waals surface area contributed by atoms with Crippen molar-refractivity contribution in [3.05, 3.63) is 45.8 Å². The molecule has 1 aromatic carbocycles. The Labute approximate surface area is 98.8 Å². The second-order valence-corrected chi connectivity index (χ2v) is 4.24. The molecule has 82 valence electrons. The van der Waals surface area contributed by atoms with Crippen LogP contribution in [0.5, 0.6) is 0 Å². The zero-order valence-corrected chi connectivity index (χ0v) is 9.54. The highest BCUT2D eigenvalue weighted by atomic mass is 35.5. The summed E-state index contributed by atoms with van der Waals surface area (Å²) in [5.74, 6) is -0.404. The fourth-order valence-corrected chi connectivity index (χ4v) is 1.98. The Balaban J connectivity index is 2.46. The number of carbonyl (C=O) groups is 1. The van der Waals surface area contributed by atoms with Crippen molar-refractivity contribution in [3.8, 4) is 0 Å². The van der Waals surface area contributed by atoms with Gasteiger partial charge in [0.05, 0.1) is 23.3 Å². The van der Waals surface area contributed by atoms with Crippen molar-refractivity contribution >= 4 is 17.6 Å². The van der Waals surface area contributed by atoms with Crippen molar-refractivity contribution < 1.29 is 9.53 Å². The largest absolute Gasteiger partial charge is 0.465 e. The lowest BCUT2D eigenvalue weighted by Gasteiger charge is -2.07. The first-order valence-electron chi connectivity index (χ1n) is 4.90. The van der Waals surface area contributed by atoms with Gasteiger partial charge in [0.2, 0.25) is 0 Å². The molecule has 0 heterocycles. The molecule has 0 aliphatic heterocycles. The summed E-state index contributed by atoms with van der Waals surface area (Å²) in [6.45, 7) is 7.17. The summed E-state index contributed by atoms with van der Waals surface area (Å²) in [7, 11) is 1.33. The number of carbonyl (C=O) groups excluding carboxylic acids is 1. The van der Waals surface area contributed by atoms with E-state index in [1.807, 2.05) is 0 Å². The lowest BCUT2D eigenvalue weighted by molar-refractivity contribution is 0.0600. The summed E-state index contributed by atoms with van der Waals surface area (Å²) in [6.07, 6.45) is 1.61. The van der Waals surface area contributed by atoms with Crippen LogP contribution in [0.4, 0.5) is 0 Å². The van der Waals surface area contributed by atoms with Gasteiger partial charge in [0, 0.05) is 12.8 Å². The highest BCUT2D eigenvalue weighted by molar-refractivity contribution is 6.31. The van der Waals surface area contributed by atoms with Gasteiger partial charge in [-0.15, -0.1) is 0 Å². The molecule has 0 bridgehead atoms. The lowest BCUT2D eigenvalue weighted by Crippen LogP contribution is -2.06. The van der Waals surface area contributed by atoms with Gasteiger partial charge in [0.1, 0.15) is 0 Å². The van der Waals surface area contributed by atoms with Crippen molar-refractivity contribution in [2.24, 2.45) is 0 Å². The van der Waals surface area contributed by atoms with E-state index in [1.54, 1.807) is 18.2 Å². The van der Waals surface area contributed by atoms with Crippen LogP contribution in [0.15, 0.2) is 18.2 Å². The highest BCUT2D eigenvalue weighted by Gasteiger charge is 2.53. The summed E-state index contributed by atoms with van der Waals surface area (Å²) in [5.41, 5.74) is 0.685. The van der Waals surface area contributed by atoms with Crippen LogP contribution in [0.3, 0.4) is 0 Å². The zero-order valence-electron chi connectivity index (χ0n) is 8.79. The molecule has 1 aliphatic rings. The molecule has 0 saturated heterocycles. The van der Waals surface area contributed by atoms with Gasteiger partial charge in [-0.05, 0) is 18.2 Å². The molecule has 0 atom stereocenters. The van der Waals surface area contributed by atoms with Gasteiger partial charge in [-0.25, -0.2) is 11.4 Å². The normalized spacial score (nSPS) is 16.3. The maximum Gasteiger partial charge on any atom is 0.337 e. The van der Waals surface area contributed by atoms with Crippen molar-refractivity contribution in [1.82, 2.24) is 0 Å². The fourth-order valence-electron chi connectivity index (χ4n) is 1.69. The summed E-state index contributed by atoms with van der Waals surface area (Å²) < 4.78 is 4.64. The molecule has 0 radical (unpaired) electrons. The van der Waals surface area contributed by atoms with Gasteiger partial charge in [-0.1, -0.05) is 11.6 Å². The molecular formula is C12H10ClNO2. The second kappa shape index (κ2) is 3.80. The number of nitrogens with zero attached hydrogens (tertiary/aromatic N) is 1. The third-order valence-electron chi connectivity index (χ3n) is 2.83. The Morgan fingerprint density at radius 2 is 2.25 bits per heavy atom. The molecule has 3 nitrogen and oxygen atoms in total. The molecule has 4 heteroatoms. The average molecular weight is 236 g/mol. The maximum absolute atomic E-state index is 11.4. The summed E-state index contributed by atoms with van der Waals surface area (Å²) >= 11 is 6.05. The zero-order chi connectivity index (χ0) is 11.8. The Morgan fingerprint density at radius 3 is 2.75 bits per heavy atom. The van der Waals surface area contributed by atoms with E-state index in [0.717, 1.165) is 18.4 Å². The van der Waals surface area contributed by atoms with Gasteiger partial charge in [0.15, 0.2) is 0 Å². The average Bonchev–Trinajstić information content (AvgIpc) is 3.09. The van der Waals surface area contributed by atoms with Crippen LogP contribution < -0.4 is 0 Å². The summed E-state index contributed by atoms with van der Waals surface area (Å²) in [6, 6.07) is 4.92. The Morgan fingerprint density at radius 1 is 1.56 bits per heavy atom. The second-order valence-electron chi connectivity index (χ2n) is 3.83. The first-order valence-corrected chi connectivity index (χ1v) is 5.28. The monoisotopic (exact) mass is 235 g/mol. The van der Waals surface area contributed by atoms with E-state index in [4.69, 9.17) is 18.2 Å². The van der Waals surface area contributed by atoms with Gasteiger partial charge < -0.3 is 9.58 Å². The van der Waals surface area contributed by atoms with Gasteiger partial charge in [-0.3, -0.25) is 0 Å². The predicted octanol–water partition coefficient (Wildman–Crippen LogP) is 3.03. The van der Waals surface area contributed by atoms with E-state index >= 15 is 0 Å². The topological polar surface area (TPSA) is 30.7 Å². The molecule has 0 unspecified atom stereocenters. The minimum atomic E-state index is -0.499. The smallest absolute Gasteiger partial charge is 0.337 e. The molecule has 1 fully saturated rings. The number of hydrogen-bond acceptors (Lipinski definition) is 2. The quantitative estimate of drug-likeness (QED) is 0.583. The van der Waals surface area contributed by atoms with Gasteiger partial charge in [0.25, 0.3) is 5.54 Å². The number of ether oxygens (including phenoxy) is 1. The summed E-state index contributed by atoms with van der Waals surface area (Å²) in [4.78, 5) is 15.0. The van der Waals surface area contributed by atoms with E-state index in [2.05, 4.69) is 9.58 Å². The molecule has 1 aliphatic carbocycles. The molecule has 16 heavy (non-hydrogen) atoms. The van der Waals surface area contributed by atoms with Crippen molar-refractivity contribution in [2.75, 3.05) is 7.11 Å². The minimum Gasteiger partial charge on any atom is -0.465 e. The maximum atomic E-state index is 11.4. The number of hydrogen-bond donors (Lipinski definition) is 0. The molecule has 2 rings (SSSR count). The molecular weight excluding hydrogens is 226 g/mol. The molecule has 0 amide bonds. The van der Waals surface area contributed by atoms with E-state index in [0.29, 0.717) is 10.6 Å². The third-order valence-corrected chi connectivity index (χ3v) is 3.16. The van der Waals surface area contributed by atoms with Crippen LogP contribution in [0.1, 0.15) is 28.8 Å². The van der Waals surface area contributed by atoms with Crippen molar-refractivity contribution in [3.63, 3.8) is 0 Å². The molecule has 1 saturated carbocycles.